The number of fused-ring (bicyclic) bond motifs is 1. The molecule has 0 bridgehead atoms. The van der Waals surface area contributed by atoms with Crippen molar-refractivity contribution in [1.82, 2.24) is 20.1 Å². The Hall–Kier alpha value is -2.45. The van der Waals surface area contributed by atoms with Gasteiger partial charge in [-0.3, -0.25) is 9.89 Å². The van der Waals surface area contributed by atoms with Gasteiger partial charge in [-0.25, -0.2) is 4.98 Å². The molecule has 0 spiro atoms. The van der Waals surface area contributed by atoms with E-state index in [1.807, 2.05) is 30.3 Å². The maximum Gasteiger partial charge on any atom is 0.256 e. The molecule has 3 heterocycles. The number of pyridine rings is 1. The van der Waals surface area contributed by atoms with Crippen LogP contribution >= 0.6 is 15.9 Å². The van der Waals surface area contributed by atoms with Gasteiger partial charge in [0.25, 0.3) is 5.91 Å². The summed E-state index contributed by atoms with van der Waals surface area (Å²) in [6.07, 6.45) is 1.67. The average molecular weight is 415 g/mol. The number of piperazine rings is 1. The van der Waals surface area contributed by atoms with E-state index in [4.69, 9.17) is 0 Å². The number of carbonyl (C=O) groups is 1. The molecule has 1 aliphatic rings. The van der Waals surface area contributed by atoms with E-state index in [0.29, 0.717) is 16.0 Å². The van der Waals surface area contributed by atoms with Gasteiger partial charge in [0.15, 0.2) is 5.82 Å². The maximum atomic E-state index is 12.6. The van der Waals surface area contributed by atoms with Gasteiger partial charge in [0.1, 0.15) is 4.60 Å². The molecule has 3 aromatic rings. The number of benzene rings is 1. The SMILES string of the molecule is CN1CCN(c2ccc(C(=O)Nc3n[nH]c4cnc(Br)cc34)cc2)CC1. The third kappa shape index (κ3) is 3.42. The number of anilines is 2. The molecule has 1 aliphatic heterocycles. The van der Waals surface area contributed by atoms with Crippen LogP contribution in [0.2, 0.25) is 0 Å². The van der Waals surface area contributed by atoms with E-state index in [-0.39, 0.29) is 5.91 Å². The van der Waals surface area contributed by atoms with Crippen LogP contribution in [-0.2, 0) is 0 Å². The zero-order chi connectivity index (χ0) is 18.1. The Kier molecular flexibility index (Phi) is 4.60. The van der Waals surface area contributed by atoms with Crippen molar-refractivity contribution in [3.63, 3.8) is 0 Å². The number of carbonyl (C=O) groups excluding carboxylic acids is 1. The fourth-order valence-corrected chi connectivity index (χ4v) is 3.39. The Morgan fingerprint density at radius 3 is 2.65 bits per heavy atom. The van der Waals surface area contributed by atoms with Crippen LogP contribution in [0.5, 0.6) is 0 Å². The highest BCUT2D eigenvalue weighted by Crippen LogP contribution is 2.23. The molecule has 8 heteroatoms. The van der Waals surface area contributed by atoms with E-state index in [1.54, 1.807) is 6.20 Å². The second-order valence-electron chi connectivity index (χ2n) is 6.42. The third-order valence-electron chi connectivity index (χ3n) is 4.64. The van der Waals surface area contributed by atoms with Crippen molar-refractivity contribution >= 4 is 44.2 Å². The van der Waals surface area contributed by atoms with Gasteiger partial charge in [0, 0.05) is 42.8 Å². The number of likely N-dealkylation sites (N-methyl/N-ethyl adjacent to an activating group) is 1. The highest BCUT2D eigenvalue weighted by molar-refractivity contribution is 9.10. The van der Waals surface area contributed by atoms with E-state index in [9.17, 15) is 4.79 Å². The Bertz CT molecular complexity index is 931. The van der Waals surface area contributed by atoms with E-state index in [0.717, 1.165) is 42.8 Å². The molecule has 0 atom stereocenters. The van der Waals surface area contributed by atoms with Gasteiger partial charge in [-0.05, 0) is 53.3 Å². The number of nitrogens with zero attached hydrogens (tertiary/aromatic N) is 4. The second-order valence-corrected chi connectivity index (χ2v) is 7.23. The normalized spacial score (nSPS) is 15.4. The summed E-state index contributed by atoms with van der Waals surface area (Å²) in [5.74, 6) is 0.313. The fraction of sp³-hybridized carbons (Fsp3) is 0.278. The highest BCUT2D eigenvalue weighted by atomic mass is 79.9. The molecule has 2 N–H and O–H groups in total. The smallest absolute Gasteiger partial charge is 0.256 e. The molecule has 1 fully saturated rings. The largest absolute Gasteiger partial charge is 0.369 e. The van der Waals surface area contributed by atoms with Gasteiger partial charge in [-0.2, -0.15) is 5.10 Å². The molecule has 4 rings (SSSR count). The van der Waals surface area contributed by atoms with Crippen LogP contribution in [0.25, 0.3) is 10.9 Å². The molecule has 1 aromatic carbocycles. The summed E-state index contributed by atoms with van der Waals surface area (Å²) in [5, 5.41) is 10.7. The number of nitrogens with one attached hydrogen (secondary N) is 2. The first-order valence-electron chi connectivity index (χ1n) is 8.45. The Morgan fingerprint density at radius 2 is 1.92 bits per heavy atom. The monoisotopic (exact) mass is 414 g/mol. The molecule has 0 saturated carbocycles. The van der Waals surface area contributed by atoms with E-state index in [2.05, 4.69) is 53.3 Å². The lowest BCUT2D eigenvalue weighted by Gasteiger charge is -2.34. The topological polar surface area (TPSA) is 77.1 Å². The lowest BCUT2D eigenvalue weighted by atomic mass is 10.1. The zero-order valence-electron chi connectivity index (χ0n) is 14.4. The van der Waals surface area contributed by atoms with Gasteiger partial charge in [0.05, 0.1) is 11.7 Å². The highest BCUT2D eigenvalue weighted by Gasteiger charge is 2.16. The molecule has 7 nitrogen and oxygen atoms in total. The zero-order valence-corrected chi connectivity index (χ0v) is 16.0. The summed E-state index contributed by atoms with van der Waals surface area (Å²) in [5.41, 5.74) is 2.52. The van der Waals surface area contributed by atoms with E-state index >= 15 is 0 Å². The van der Waals surface area contributed by atoms with Crippen molar-refractivity contribution in [1.29, 1.82) is 0 Å². The van der Waals surface area contributed by atoms with Crippen molar-refractivity contribution in [3.8, 4) is 0 Å². The Morgan fingerprint density at radius 1 is 1.19 bits per heavy atom. The molecule has 1 saturated heterocycles. The first kappa shape index (κ1) is 17.0. The van der Waals surface area contributed by atoms with E-state index < -0.39 is 0 Å². The number of rotatable bonds is 3. The molecule has 0 aliphatic carbocycles. The molecule has 26 heavy (non-hydrogen) atoms. The Balaban J connectivity index is 1.48. The molecule has 0 radical (unpaired) electrons. The quantitative estimate of drug-likeness (QED) is 0.644. The second kappa shape index (κ2) is 7.05. The number of aromatic amines is 1. The predicted octanol–water partition coefficient (Wildman–Crippen LogP) is 2.72. The minimum Gasteiger partial charge on any atom is -0.369 e. The predicted molar refractivity (Wildman–Crippen MR) is 106 cm³/mol. The van der Waals surface area contributed by atoms with Gasteiger partial charge in [-0.15, -0.1) is 0 Å². The van der Waals surface area contributed by atoms with E-state index in [1.165, 1.54) is 0 Å². The number of halogens is 1. The minimum atomic E-state index is -0.184. The summed E-state index contributed by atoms with van der Waals surface area (Å²) in [6.45, 7) is 4.12. The number of hydrogen-bond donors (Lipinski definition) is 2. The summed E-state index contributed by atoms with van der Waals surface area (Å²) in [4.78, 5) is 21.4. The lowest BCUT2D eigenvalue weighted by Crippen LogP contribution is -2.44. The van der Waals surface area contributed by atoms with Crippen molar-refractivity contribution in [2.75, 3.05) is 43.4 Å². The molecule has 2 aromatic heterocycles. The molecule has 1 amide bonds. The third-order valence-corrected chi connectivity index (χ3v) is 5.08. The lowest BCUT2D eigenvalue weighted by molar-refractivity contribution is 0.102. The van der Waals surface area contributed by atoms with Crippen LogP contribution in [-0.4, -0.2) is 59.2 Å². The molecule has 0 unspecified atom stereocenters. The van der Waals surface area contributed by atoms with Crippen molar-refractivity contribution < 1.29 is 4.79 Å². The number of hydrogen-bond acceptors (Lipinski definition) is 5. The van der Waals surface area contributed by atoms with Crippen LogP contribution < -0.4 is 10.2 Å². The van der Waals surface area contributed by atoms with Crippen LogP contribution in [0.3, 0.4) is 0 Å². The maximum absolute atomic E-state index is 12.6. The molecule has 134 valence electrons. The first-order chi connectivity index (χ1) is 12.6. The van der Waals surface area contributed by atoms with Crippen LogP contribution in [0.4, 0.5) is 11.5 Å². The van der Waals surface area contributed by atoms with Crippen LogP contribution in [0.1, 0.15) is 10.4 Å². The summed E-state index contributed by atoms with van der Waals surface area (Å²) in [7, 11) is 2.14. The molecular weight excluding hydrogens is 396 g/mol. The van der Waals surface area contributed by atoms with Crippen LogP contribution in [0.15, 0.2) is 41.1 Å². The van der Waals surface area contributed by atoms with Crippen molar-refractivity contribution in [3.05, 3.63) is 46.7 Å². The number of amides is 1. The molecular formula is C18H19BrN6O. The Labute approximate surface area is 159 Å². The fourth-order valence-electron chi connectivity index (χ4n) is 3.05. The summed E-state index contributed by atoms with van der Waals surface area (Å²) >= 11 is 3.34. The van der Waals surface area contributed by atoms with Crippen molar-refractivity contribution in [2.24, 2.45) is 0 Å². The minimum absolute atomic E-state index is 0.184. The standard InChI is InChI=1S/C18H19BrN6O/c1-24-6-8-25(9-7-24)13-4-2-12(3-5-13)18(26)21-17-14-10-16(19)20-11-15(14)22-23-17/h2-5,10-11H,6-9H2,1H3,(H2,21,22,23,26). The number of aromatic nitrogens is 3. The van der Waals surface area contributed by atoms with Gasteiger partial charge < -0.3 is 15.1 Å². The van der Waals surface area contributed by atoms with Gasteiger partial charge >= 0.3 is 0 Å². The van der Waals surface area contributed by atoms with Crippen LogP contribution in [0, 0.1) is 0 Å². The summed E-state index contributed by atoms with van der Waals surface area (Å²) < 4.78 is 0.693. The van der Waals surface area contributed by atoms with Gasteiger partial charge in [-0.1, -0.05) is 0 Å². The van der Waals surface area contributed by atoms with Crippen molar-refractivity contribution in [2.45, 2.75) is 0 Å². The number of H-pyrrole nitrogens is 1. The average Bonchev–Trinajstić information content (AvgIpc) is 3.04. The summed E-state index contributed by atoms with van der Waals surface area (Å²) in [6, 6.07) is 9.54. The first-order valence-corrected chi connectivity index (χ1v) is 9.24. The van der Waals surface area contributed by atoms with Gasteiger partial charge in [0.2, 0.25) is 0 Å².